The molecule has 1 N–H and O–H groups in total. The van der Waals surface area contributed by atoms with Crippen LogP contribution in [-0.2, 0) is 5.41 Å². The first-order valence-corrected chi connectivity index (χ1v) is 9.39. The molecule has 2 heterocycles. The molecule has 0 unspecified atom stereocenters. The first-order valence-electron chi connectivity index (χ1n) is 9.01. The highest BCUT2D eigenvalue weighted by atomic mass is 35.5. The van der Waals surface area contributed by atoms with Crippen molar-refractivity contribution in [3.8, 4) is 0 Å². The first kappa shape index (κ1) is 14.8. The van der Waals surface area contributed by atoms with Gasteiger partial charge in [-0.3, -0.25) is 0 Å². The highest BCUT2D eigenvalue weighted by molar-refractivity contribution is 6.30. The fourth-order valence-corrected chi connectivity index (χ4v) is 4.99. The number of hydrogen-bond donors (Lipinski definition) is 1. The van der Waals surface area contributed by atoms with E-state index in [2.05, 4.69) is 22.3 Å². The number of halogens is 1. The van der Waals surface area contributed by atoms with Crippen molar-refractivity contribution in [3.05, 3.63) is 28.8 Å². The molecule has 0 amide bonds. The van der Waals surface area contributed by atoms with Crippen LogP contribution in [0.2, 0.25) is 5.02 Å². The van der Waals surface area contributed by atoms with E-state index in [1.54, 1.807) is 0 Å². The van der Waals surface area contributed by atoms with Crippen LogP contribution < -0.4 is 5.32 Å². The summed E-state index contributed by atoms with van der Waals surface area (Å²) in [5.41, 5.74) is 3.12. The number of nitrogens with one attached hydrogen (secondary N) is 1. The second kappa shape index (κ2) is 6.05. The number of likely N-dealkylation sites (tertiary alicyclic amines) is 1. The minimum Gasteiger partial charge on any atom is -0.384 e. The molecule has 22 heavy (non-hydrogen) atoms. The van der Waals surface area contributed by atoms with Crippen molar-refractivity contribution in [2.75, 3.05) is 31.5 Å². The third-order valence-electron chi connectivity index (χ3n) is 6.22. The Morgan fingerprint density at radius 1 is 1.14 bits per heavy atom. The average Bonchev–Trinajstić information content (AvgIpc) is 2.89. The number of anilines is 1. The van der Waals surface area contributed by atoms with E-state index in [4.69, 9.17) is 11.6 Å². The van der Waals surface area contributed by atoms with E-state index in [9.17, 15) is 0 Å². The van der Waals surface area contributed by atoms with E-state index < -0.39 is 0 Å². The fraction of sp³-hybridized carbons (Fsp3) is 0.684. The topological polar surface area (TPSA) is 15.3 Å². The van der Waals surface area contributed by atoms with Gasteiger partial charge < -0.3 is 10.2 Å². The minimum absolute atomic E-state index is 0.337. The van der Waals surface area contributed by atoms with Crippen molar-refractivity contribution in [3.63, 3.8) is 0 Å². The summed E-state index contributed by atoms with van der Waals surface area (Å²) in [6.07, 6.45) is 9.85. The molecule has 0 bridgehead atoms. The Morgan fingerprint density at radius 2 is 1.91 bits per heavy atom. The van der Waals surface area contributed by atoms with Crippen LogP contribution in [0.1, 0.15) is 50.5 Å². The number of nitrogens with zero attached hydrogens (tertiary/aromatic N) is 1. The molecule has 1 aromatic carbocycles. The van der Waals surface area contributed by atoms with Gasteiger partial charge in [-0.2, -0.15) is 0 Å². The molecule has 1 aromatic rings. The zero-order chi connectivity index (χ0) is 15.0. The monoisotopic (exact) mass is 318 g/mol. The number of benzene rings is 1. The highest BCUT2D eigenvalue weighted by Crippen LogP contribution is 2.45. The molecule has 0 aromatic heterocycles. The lowest BCUT2D eigenvalue weighted by Crippen LogP contribution is -2.45. The Balaban J connectivity index is 1.41. The average molecular weight is 319 g/mol. The maximum Gasteiger partial charge on any atom is 0.0410 e. The molecule has 2 aliphatic heterocycles. The maximum atomic E-state index is 6.25. The molecule has 1 aliphatic carbocycles. The number of hydrogen-bond acceptors (Lipinski definition) is 2. The molecule has 3 heteroatoms. The largest absolute Gasteiger partial charge is 0.384 e. The lowest BCUT2D eigenvalue weighted by atomic mass is 9.74. The van der Waals surface area contributed by atoms with Crippen molar-refractivity contribution >= 4 is 17.3 Å². The molecule has 0 atom stereocenters. The summed E-state index contributed by atoms with van der Waals surface area (Å²) in [5.74, 6) is 0.964. The highest BCUT2D eigenvalue weighted by Gasteiger charge is 2.41. The zero-order valence-electron chi connectivity index (χ0n) is 13.4. The quantitative estimate of drug-likeness (QED) is 0.851. The van der Waals surface area contributed by atoms with Gasteiger partial charge in [-0.15, -0.1) is 0 Å². The van der Waals surface area contributed by atoms with Crippen LogP contribution in [0, 0.1) is 5.92 Å². The first-order chi connectivity index (χ1) is 10.8. The summed E-state index contributed by atoms with van der Waals surface area (Å²) in [4.78, 5) is 2.73. The van der Waals surface area contributed by atoms with Crippen LogP contribution in [0.4, 0.5) is 5.69 Å². The molecular formula is C19H27ClN2. The molecule has 4 rings (SSSR count). The van der Waals surface area contributed by atoms with Crippen LogP contribution in [0.15, 0.2) is 18.2 Å². The van der Waals surface area contributed by atoms with E-state index in [-0.39, 0.29) is 0 Å². The van der Waals surface area contributed by atoms with Crippen LogP contribution in [0.3, 0.4) is 0 Å². The van der Waals surface area contributed by atoms with Gasteiger partial charge in [0.15, 0.2) is 0 Å². The predicted octanol–water partition coefficient (Wildman–Crippen LogP) is 4.68. The maximum absolute atomic E-state index is 6.25. The number of rotatable bonds is 2. The molecule has 1 saturated heterocycles. The molecular weight excluding hydrogens is 292 g/mol. The van der Waals surface area contributed by atoms with Crippen molar-refractivity contribution in [2.24, 2.45) is 5.92 Å². The van der Waals surface area contributed by atoms with E-state index >= 15 is 0 Å². The van der Waals surface area contributed by atoms with Crippen LogP contribution >= 0.6 is 11.6 Å². The molecule has 0 radical (unpaired) electrons. The van der Waals surface area contributed by atoms with Crippen molar-refractivity contribution in [1.82, 2.24) is 4.90 Å². The normalized spacial score (nSPS) is 25.1. The lowest BCUT2D eigenvalue weighted by molar-refractivity contribution is 0.135. The third-order valence-corrected chi connectivity index (χ3v) is 6.46. The van der Waals surface area contributed by atoms with Gasteiger partial charge in [0, 0.05) is 29.2 Å². The number of fused-ring (bicyclic) bond motifs is 2. The summed E-state index contributed by atoms with van der Waals surface area (Å²) in [6.45, 7) is 4.94. The summed E-state index contributed by atoms with van der Waals surface area (Å²) in [7, 11) is 0. The van der Waals surface area contributed by atoms with Gasteiger partial charge in [-0.1, -0.05) is 30.9 Å². The minimum atomic E-state index is 0.337. The van der Waals surface area contributed by atoms with Gasteiger partial charge in [-0.25, -0.2) is 0 Å². The molecule has 1 spiro atoms. The summed E-state index contributed by atoms with van der Waals surface area (Å²) in [6, 6.07) is 6.36. The van der Waals surface area contributed by atoms with Crippen molar-refractivity contribution < 1.29 is 0 Å². The SMILES string of the molecule is Clc1ccc2c(c1)C1(CCN(CC3CCCCC3)CC1)CN2. The summed E-state index contributed by atoms with van der Waals surface area (Å²) >= 11 is 6.25. The fourth-order valence-electron chi connectivity index (χ4n) is 4.81. The van der Waals surface area contributed by atoms with E-state index in [0.717, 1.165) is 17.5 Å². The lowest BCUT2D eigenvalue weighted by Gasteiger charge is -2.41. The van der Waals surface area contributed by atoms with E-state index in [1.807, 2.05) is 6.07 Å². The molecule has 3 aliphatic rings. The van der Waals surface area contributed by atoms with Gasteiger partial charge in [0.25, 0.3) is 0 Å². The Morgan fingerprint density at radius 3 is 2.68 bits per heavy atom. The predicted molar refractivity (Wildman–Crippen MR) is 93.9 cm³/mol. The van der Waals surface area contributed by atoms with Gasteiger partial charge in [0.1, 0.15) is 0 Å². The molecule has 2 fully saturated rings. The molecule has 1 saturated carbocycles. The zero-order valence-corrected chi connectivity index (χ0v) is 14.2. The van der Waals surface area contributed by atoms with Crippen LogP contribution in [-0.4, -0.2) is 31.1 Å². The van der Waals surface area contributed by atoms with E-state index in [0.29, 0.717) is 5.41 Å². The second-order valence-corrected chi connectivity index (χ2v) is 8.06. The Kier molecular flexibility index (Phi) is 4.08. The Hall–Kier alpha value is -0.730. The van der Waals surface area contributed by atoms with Gasteiger partial charge in [-0.05, 0) is 68.5 Å². The smallest absolute Gasteiger partial charge is 0.0410 e. The van der Waals surface area contributed by atoms with E-state index in [1.165, 1.54) is 75.8 Å². The van der Waals surface area contributed by atoms with Gasteiger partial charge in [0.05, 0.1) is 0 Å². The van der Waals surface area contributed by atoms with Crippen LogP contribution in [0.5, 0.6) is 0 Å². The van der Waals surface area contributed by atoms with Gasteiger partial charge >= 0.3 is 0 Å². The standard InChI is InChI=1S/C19H27ClN2/c20-16-6-7-18-17(12-16)19(14-21-18)8-10-22(11-9-19)13-15-4-2-1-3-5-15/h6-7,12,15,21H,1-5,8-11,13-14H2. The Labute approximate surface area is 139 Å². The number of piperidine rings is 1. The molecule has 120 valence electrons. The summed E-state index contributed by atoms with van der Waals surface area (Å²) < 4.78 is 0. The van der Waals surface area contributed by atoms with Crippen LogP contribution in [0.25, 0.3) is 0 Å². The third kappa shape index (κ3) is 2.76. The van der Waals surface area contributed by atoms with Crippen molar-refractivity contribution in [2.45, 2.75) is 50.4 Å². The van der Waals surface area contributed by atoms with Crippen molar-refractivity contribution in [1.29, 1.82) is 0 Å². The summed E-state index contributed by atoms with van der Waals surface area (Å²) in [5, 5.41) is 4.49. The molecule has 2 nitrogen and oxygen atoms in total. The second-order valence-electron chi connectivity index (χ2n) is 7.63. The Bertz CT molecular complexity index is 528. The van der Waals surface area contributed by atoms with Gasteiger partial charge in [0.2, 0.25) is 0 Å².